The van der Waals surface area contributed by atoms with Crippen LogP contribution in [0.4, 0.5) is 0 Å². The number of benzene rings is 1. The molecule has 4 nitrogen and oxygen atoms in total. The fraction of sp³-hybridized carbons (Fsp3) is 0.294. The molecule has 1 heterocycles. The van der Waals surface area contributed by atoms with Gasteiger partial charge in [0.25, 0.3) is 0 Å². The van der Waals surface area contributed by atoms with Crippen molar-refractivity contribution in [2.45, 2.75) is 25.2 Å². The topological polar surface area (TPSA) is 44.1 Å². The minimum atomic E-state index is -0.379. The zero-order valence-corrected chi connectivity index (χ0v) is 12.0. The molecule has 0 spiro atoms. The number of carbonyl (C=O) groups excluding carboxylic acids is 1. The lowest BCUT2D eigenvalue weighted by molar-refractivity contribution is -0.128. The Morgan fingerprint density at radius 3 is 2.67 bits per heavy atom. The first-order valence-electron chi connectivity index (χ1n) is 7.19. The number of nitrogens with zero attached hydrogens (tertiary/aromatic N) is 2. The highest BCUT2D eigenvalue weighted by Crippen LogP contribution is 2.36. The maximum absolute atomic E-state index is 11.7. The predicted molar refractivity (Wildman–Crippen MR) is 80.9 cm³/mol. The lowest BCUT2D eigenvalue weighted by atomic mass is 9.80. The Balaban J connectivity index is 1.57. The van der Waals surface area contributed by atoms with Gasteiger partial charge in [-0.3, -0.25) is 4.68 Å². The van der Waals surface area contributed by atoms with Crippen molar-refractivity contribution in [2.24, 2.45) is 7.05 Å². The molecule has 0 amide bonds. The summed E-state index contributed by atoms with van der Waals surface area (Å²) < 4.78 is 6.96. The van der Waals surface area contributed by atoms with Gasteiger partial charge in [0.05, 0.1) is 6.20 Å². The highest BCUT2D eigenvalue weighted by atomic mass is 16.5. The van der Waals surface area contributed by atoms with Crippen molar-refractivity contribution in [3.8, 4) is 5.75 Å². The summed E-state index contributed by atoms with van der Waals surface area (Å²) in [5, 5.41) is 4.03. The van der Waals surface area contributed by atoms with Gasteiger partial charge in [-0.1, -0.05) is 18.6 Å². The van der Waals surface area contributed by atoms with E-state index in [-0.39, 0.29) is 5.97 Å². The van der Waals surface area contributed by atoms with E-state index in [1.807, 2.05) is 25.4 Å². The van der Waals surface area contributed by atoms with Crippen LogP contribution >= 0.6 is 0 Å². The third kappa shape index (κ3) is 3.40. The smallest absolute Gasteiger partial charge is 0.336 e. The van der Waals surface area contributed by atoms with Crippen LogP contribution in [-0.4, -0.2) is 15.7 Å². The van der Waals surface area contributed by atoms with E-state index in [2.05, 4.69) is 17.2 Å². The molecule has 0 atom stereocenters. The van der Waals surface area contributed by atoms with Crippen molar-refractivity contribution in [1.82, 2.24) is 9.78 Å². The Kier molecular flexibility index (Phi) is 3.86. The molecular weight excluding hydrogens is 264 g/mol. The molecular formula is C17H18N2O2. The van der Waals surface area contributed by atoms with Crippen LogP contribution in [0.2, 0.25) is 0 Å². The molecule has 0 saturated heterocycles. The van der Waals surface area contributed by atoms with Crippen LogP contribution in [0, 0.1) is 0 Å². The maximum atomic E-state index is 11.7. The van der Waals surface area contributed by atoms with Gasteiger partial charge < -0.3 is 4.74 Å². The summed E-state index contributed by atoms with van der Waals surface area (Å²) in [5.74, 6) is 0.898. The molecule has 0 N–H and O–H groups in total. The largest absolute Gasteiger partial charge is 0.423 e. The van der Waals surface area contributed by atoms with E-state index in [9.17, 15) is 4.79 Å². The number of carbonyl (C=O) groups is 1. The van der Waals surface area contributed by atoms with Crippen LogP contribution in [0.5, 0.6) is 5.75 Å². The molecule has 4 heteroatoms. The van der Waals surface area contributed by atoms with E-state index in [4.69, 9.17) is 4.74 Å². The second-order valence-corrected chi connectivity index (χ2v) is 5.40. The van der Waals surface area contributed by atoms with Crippen LogP contribution in [0.15, 0.2) is 42.7 Å². The van der Waals surface area contributed by atoms with Gasteiger partial charge in [0.1, 0.15) is 5.75 Å². The fourth-order valence-corrected chi connectivity index (χ4v) is 2.39. The number of ether oxygens (including phenoxy) is 1. The Labute approximate surface area is 124 Å². The lowest BCUT2D eigenvalue weighted by Crippen LogP contribution is -2.08. The summed E-state index contributed by atoms with van der Waals surface area (Å²) in [5.41, 5.74) is 2.21. The number of aromatic nitrogens is 2. The molecule has 2 aromatic rings. The SMILES string of the molecule is Cn1cc(/C=C/C(=O)Oc2ccc(C3CCC3)cc2)cn1. The first kappa shape index (κ1) is 13.6. The first-order valence-corrected chi connectivity index (χ1v) is 7.19. The van der Waals surface area contributed by atoms with Gasteiger partial charge in [-0.15, -0.1) is 0 Å². The van der Waals surface area contributed by atoms with Crippen molar-refractivity contribution >= 4 is 12.0 Å². The van der Waals surface area contributed by atoms with Crippen LogP contribution in [0.3, 0.4) is 0 Å². The summed E-state index contributed by atoms with van der Waals surface area (Å²) in [4.78, 5) is 11.7. The van der Waals surface area contributed by atoms with Gasteiger partial charge in [-0.05, 0) is 42.5 Å². The van der Waals surface area contributed by atoms with Crippen molar-refractivity contribution < 1.29 is 9.53 Å². The van der Waals surface area contributed by atoms with Gasteiger partial charge in [-0.25, -0.2) is 4.79 Å². The number of aryl methyl sites for hydroxylation is 1. The molecule has 21 heavy (non-hydrogen) atoms. The van der Waals surface area contributed by atoms with E-state index >= 15 is 0 Å². The van der Waals surface area contributed by atoms with E-state index < -0.39 is 0 Å². The molecule has 0 aliphatic heterocycles. The third-order valence-corrected chi connectivity index (χ3v) is 3.81. The average Bonchev–Trinajstić information content (AvgIpc) is 2.83. The summed E-state index contributed by atoms with van der Waals surface area (Å²) in [7, 11) is 1.83. The van der Waals surface area contributed by atoms with Gasteiger partial charge in [-0.2, -0.15) is 5.10 Å². The maximum Gasteiger partial charge on any atom is 0.336 e. The Bertz CT molecular complexity index is 652. The van der Waals surface area contributed by atoms with Crippen molar-refractivity contribution in [3.05, 3.63) is 53.9 Å². The summed E-state index contributed by atoms with van der Waals surface area (Å²) in [6, 6.07) is 7.83. The normalized spacial score (nSPS) is 15.1. The van der Waals surface area contributed by atoms with Crippen molar-refractivity contribution in [1.29, 1.82) is 0 Å². The molecule has 1 saturated carbocycles. The van der Waals surface area contributed by atoms with Crippen LogP contribution in [0.25, 0.3) is 6.08 Å². The molecule has 1 aromatic heterocycles. The van der Waals surface area contributed by atoms with E-state index in [1.165, 1.54) is 30.9 Å². The third-order valence-electron chi connectivity index (χ3n) is 3.81. The molecule has 1 aliphatic rings. The minimum absolute atomic E-state index is 0.379. The molecule has 1 aromatic carbocycles. The highest BCUT2D eigenvalue weighted by Gasteiger charge is 2.19. The molecule has 0 radical (unpaired) electrons. The zero-order chi connectivity index (χ0) is 14.7. The van der Waals surface area contributed by atoms with Gasteiger partial charge in [0.15, 0.2) is 0 Å². The minimum Gasteiger partial charge on any atom is -0.423 e. The molecule has 3 rings (SSSR count). The number of hydrogen-bond donors (Lipinski definition) is 0. The molecule has 0 unspecified atom stereocenters. The predicted octanol–water partition coefficient (Wildman–Crippen LogP) is 3.31. The monoisotopic (exact) mass is 282 g/mol. The Morgan fingerprint density at radius 1 is 1.33 bits per heavy atom. The second-order valence-electron chi connectivity index (χ2n) is 5.40. The highest BCUT2D eigenvalue weighted by molar-refractivity contribution is 5.88. The standard InChI is InChI=1S/C17H18N2O2/c1-19-12-13(11-18-19)5-10-17(20)21-16-8-6-15(7-9-16)14-3-2-4-14/h5-12,14H,2-4H2,1H3/b10-5+. The van der Waals surface area contributed by atoms with Gasteiger partial charge in [0.2, 0.25) is 0 Å². The Morgan fingerprint density at radius 2 is 2.10 bits per heavy atom. The van der Waals surface area contributed by atoms with Crippen LogP contribution < -0.4 is 4.74 Å². The average molecular weight is 282 g/mol. The van der Waals surface area contributed by atoms with Crippen molar-refractivity contribution in [2.75, 3.05) is 0 Å². The van der Waals surface area contributed by atoms with Crippen molar-refractivity contribution in [3.63, 3.8) is 0 Å². The zero-order valence-electron chi connectivity index (χ0n) is 12.0. The van der Waals surface area contributed by atoms with Gasteiger partial charge in [0, 0.05) is 24.9 Å². The lowest BCUT2D eigenvalue weighted by Gasteiger charge is -2.25. The quantitative estimate of drug-likeness (QED) is 0.491. The van der Waals surface area contributed by atoms with Crippen LogP contribution in [0.1, 0.15) is 36.3 Å². The number of rotatable bonds is 4. The van der Waals surface area contributed by atoms with E-state index in [0.717, 1.165) is 5.56 Å². The summed E-state index contributed by atoms with van der Waals surface area (Å²) in [6.45, 7) is 0. The number of hydrogen-bond acceptors (Lipinski definition) is 3. The van der Waals surface area contributed by atoms with E-state index in [1.54, 1.807) is 17.0 Å². The molecule has 1 aliphatic carbocycles. The Hall–Kier alpha value is -2.36. The fourth-order valence-electron chi connectivity index (χ4n) is 2.39. The first-order chi connectivity index (χ1) is 10.2. The second kappa shape index (κ2) is 5.95. The molecule has 1 fully saturated rings. The van der Waals surface area contributed by atoms with Crippen LogP contribution in [-0.2, 0) is 11.8 Å². The summed E-state index contributed by atoms with van der Waals surface area (Å²) >= 11 is 0. The summed E-state index contributed by atoms with van der Waals surface area (Å²) in [6.07, 6.45) is 10.5. The molecule has 0 bridgehead atoms. The number of esters is 1. The molecule has 108 valence electrons. The van der Waals surface area contributed by atoms with Gasteiger partial charge >= 0.3 is 5.97 Å². The van der Waals surface area contributed by atoms with E-state index in [0.29, 0.717) is 11.7 Å².